The van der Waals surface area contributed by atoms with Gasteiger partial charge in [0.25, 0.3) is 11.8 Å². The SMILES string of the molecule is N#Cc1c(O)cc(CC(=O)NCCN2C(=O)C=CC2=O)c(O)c1C#N. The molecule has 3 N–H and O–H groups in total. The number of aromatic hydroxyl groups is 2. The highest BCUT2D eigenvalue weighted by atomic mass is 16.3. The summed E-state index contributed by atoms with van der Waals surface area (Å²) in [4.78, 5) is 35.6. The molecule has 1 aromatic rings. The Balaban J connectivity index is 2.01. The molecular formula is C16H12N4O5. The number of nitrogens with one attached hydrogen (secondary N) is 1. The van der Waals surface area contributed by atoms with Crippen LogP contribution in [-0.2, 0) is 20.8 Å². The third-order valence-corrected chi connectivity index (χ3v) is 3.49. The summed E-state index contributed by atoms with van der Waals surface area (Å²) in [5.74, 6) is -2.56. The van der Waals surface area contributed by atoms with Gasteiger partial charge in [0.1, 0.15) is 34.8 Å². The van der Waals surface area contributed by atoms with Crippen LogP contribution in [0.15, 0.2) is 18.2 Å². The summed E-state index contributed by atoms with van der Waals surface area (Å²) >= 11 is 0. The summed E-state index contributed by atoms with van der Waals surface area (Å²) in [6, 6.07) is 4.24. The van der Waals surface area contributed by atoms with Crippen LogP contribution in [0.2, 0.25) is 0 Å². The van der Waals surface area contributed by atoms with Gasteiger partial charge in [-0.05, 0) is 6.07 Å². The van der Waals surface area contributed by atoms with Gasteiger partial charge in [-0.25, -0.2) is 0 Å². The first-order valence-corrected chi connectivity index (χ1v) is 7.07. The molecule has 0 bridgehead atoms. The van der Waals surface area contributed by atoms with Gasteiger partial charge in [0.15, 0.2) is 0 Å². The second-order valence-electron chi connectivity index (χ2n) is 5.07. The fourth-order valence-electron chi connectivity index (χ4n) is 2.26. The summed E-state index contributed by atoms with van der Waals surface area (Å²) in [5, 5.41) is 40.0. The molecule has 0 saturated carbocycles. The fourth-order valence-corrected chi connectivity index (χ4v) is 2.26. The minimum atomic E-state index is -0.560. The Labute approximate surface area is 142 Å². The molecule has 0 saturated heterocycles. The van der Waals surface area contributed by atoms with E-state index >= 15 is 0 Å². The van der Waals surface area contributed by atoms with Crippen molar-refractivity contribution in [2.45, 2.75) is 6.42 Å². The molecule has 1 aromatic carbocycles. The number of rotatable bonds is 5. The van der Waals surface area contributed by atoms with Crippen molar-refractivity contribution in [3.05, 3.63) is 34.9 Å². The van der Waals surface area contributed by atoms with Gasteiger partial charge in [-0.1, -0.05) is 0 Å². The maximum absolute atomic E-state index is 11.9. The highest BCUT2D eigenvalue weighted by Crippen LogP contribution is 2.32. The summed E-state index contributed by atoms with van der Waals surface area (Å²) in [6.07, 6.45) is 1.90. The van der Waals surface area contributed by atoms with Crippen LogP contribution in [0.5, 0.6) is 11.5 Å². The van der Waals surface area contributed by atoms with Crippen molar-refractivity contribution in [1.82, 2.24) is 10.2 Å². The summed E-state index contributed by atoms with van der Waals surface area (Å²) < 4.78 is 0. The van der Waals surface area contributed by atoms with Crippen LogP contribution in [0.1, 0.15) is 16.7 Å². The monoisotopic (exact) mass is 340 g/mol. The van der Waals surface area contributed by atoms with Gasteiger partial charge in [-0.15, -0.1) is 0 Å². The van der Waals surface area contributed by atoms with Crippen molar-refractivity contribution in [2.24, 2.45) is 0 Å². The zero-order valence-corrected chi connectivity index (χ0v) is 12.8. The lowest BCUT2D eigenvalue weighted by Crippen LogP contribution is -2.38. The predicted octanol–water partition coefficient (Wildman–Crippen LogP) is -0.575. The van der Waals surface area contributed by atoms with Gasteiger partial charge < -0.3 is 15.5 Å². The van der Waals surface area contributed by atoms with E-state index in [0.717, 1.165) is 23.1 Å². The maximum atomic E-state index is 11.9. The van der Waals surface area contributed by atoms with Gasteiger partial charge in [-0.3, -0.25) is 19.3 Å². The molecule has 0 spiro atoms. The third kappa shape index (κ3) is 3.57. The Morgan fingerprint density at radius 1 is 1.12 bits per heavy atom. The van der Waals surface area contributed by atoms with Crippen LogP contribution < -0.4 is 5.32 Å². The molecule has 3 amide bonds. The Kier molecular flexibility index (Phi) is 5.01. The lowest BCUT2D eigenvalue weighted by Gasteiger charge is -2.14. The van der Waals surface area contributed by atoms with E-state index in [0.29, 0.717) is 0 Å². The number of carbonyl (C=O) groups excluding carboxylic acids is 3. The van der Waals surface area contributed by atoms with Crippen LogP contribution in [0.25, 0.3) is 0 Å². The first kappa shape index (κ1) is 17.5. The van der Waals surface area contributed by atoms with E-state index < -0.39 is 34.8 Å². The average Bonchev–Trinajstić information content (AvgIpc) is 2.89. The van der Waals surface area contributed by atoms with Gasteiger partial charge in [0.05, 0.1) is 6.42 Å². The number of imide groups is 1. The highest BCUT2D eigenvalue weighted by Gasteiger charge is 2.23. The molecule has 9 heteroatoms. The molecule has 9 nitrogen and oxygen atoms in total. The number of carbonyl (C=O) groups is 3. The summed E-state index contributed by atoms with van der Waals surface area (Å²) in [5.41, 5.74) is -0.812. The minimum Gasteiger partial charge on any atom is -0.507 e. The number of phenolic OH excluding ortho intramolecular Hbond substituents is 2. The topological polar surface area (TPSA) is 155 Å². The Morgan fingerprint density at radius 2 is 1.72 bits per heavy atom. The van der Waals surface area contributed by atoms with Gasteiger partial charge >= 0.3 is 0 Å². The van der Waals surface area contributed by atoms with Crippen molar-refractivity contribution in [3.8, 4) is 23.6 Å². The molecule has 2 rings (SSSR count). The highest BCUT2D eigenvalue weighted by molar-refractivity contribution is 6.12. The molecule has 0 unspecified atom stereocenters. The van der Waals surface area contributed by atoms with E-state index in [-0.39, 0.29) is 30.6 Å². The maximum Gasteiger partial charge on any atom is 0.253 e. The zero-order chi connectivity index (χ0) is 18.6. The van der Waals surface area contributed by atoms with Crippen LogP contribution in [-0.4, -0.2) is 45.9 Å². The van der Waals surface area contributed by atoms with E-state index in [4.69, 9.17) is 10.5 Å². The molecule has 1 aliphatic rings. The molecule has 126 valence electrons. The van der Waals surface area contributed by atoms with Gasteiger partial charge in [0, 0.05) is 30.8 Å². The molecule has 25 heavy (non-hydrogen) atoms. The number of hydrogen-bond acceptors (Lipinski definition) is 7. The number of nitriles is 2. The van der Waals surface area contributed by atoms with Gasteiger partial charge in [-0.2, -0.15) is 10.5 Å². The second-order valence-corrected chi connectivity index (χ2v) is 5.07. The molecule has 1 heterocycles. The molecule has 1 aliphatic heterocycles. The number of amides is 3. The zero-order valence-electron chi connectivity index (χ0n) is 12.8. The fraction of sp³-hybridized carbons (Fsp3) is 0.188. The predicted molar refractivity (Wildman–Crippen MR) is 81.8 cm³/mol. The van der Waals surface area contributed by atoms with E-state index in [9.17, 15) is 24.6 Å². The second kappa shape index (κ2) is 7.15. The van der Waals surface area contributed by atoms with E-state index in [2.05, 4.69) is 5.32 Å². The normalized spacial score (nSPS) is 12.8. The Bertz CT molecular complexity index is 858. The summed E-state index contributed by atoms with van der Waals surface area (Å²) in [6.45, 7) is -0.00339. The first-order valence-electron chi connectivity index (χ1n) is 7.07. The first-order chi connectivity index (χ1) is 11.9. The van der Waals surface area contributed by atoms with Crippen molar-refractivity contribution in [2.75, 3.05) is 13.1 Å². The lowest BCUT2D eigenvalue weighted by atomic mass is 10.0. The van der Waals surface area contributed by atoms with Crippen LogP contribution in [0.3, 0.4) is 0 Å². The molecule has 0 radical (unpaired) electrons. The van der Waals surface area contributed by atoms with E-state index in [1.54, 1.807) is 12.1 Å². The van der Waals surface area contributed by atoms with Crippen molar-refractivity contribution in [3.63, 3.8) is 0 Å². The van der Waals surface area contributed by atoms with Crippen molar-refractivity contribution in [1.29, 1.82) is 10.5 Å². The quantitative estimate of drug-likeness (QED) is 0.478. The Morgan fingerprint density at radius 3 is 2.28 bits per heavy atom. The largest absolute Gasteiger partial charge is 0.507 e. The van der Waals surface area contributed by atoms with Gasteiger partial charge in [0.2, 0.25) is 5.91 Å². The van der Waals surface area contributed by atoms with Crippen molar-refractivity contribution >= 4 is 17.7 Å². The third-order valence-electron chi connectivity index (χ3n) is 3.49. The van der Waals surface area contributed by atoms with Crippen LogP contribution in [0, 0.1) is 22.7 Å². The Hall–Kier alpha value is -3.85. The molecule has 0 aliphatic carbocycles. The average molecular weight is 340 g/mol. The van der Waals surface area contributed by atoms with Crippen LogP contribution >= 0.6 is 0 Å². The molecule has 0 aromatic heterocycles. The smallest absolute Gasteiger partial charge is 0.253 e. The number of benzene rings is 1. The standard InChI is InChI=1S/C16H12N4O5/c17-7-10-11(8-18)16(25)9(5-12(10)21)6-13(22)19-3-4-20-14(23)1-2-15(20)24/h1-2,5,21,25H,3-4,6H2,(H,19,22). The molecule has 0 fully saturated rings. The van der Waals surface area contributed by atoms with E-state index in [1.807, 2.05) is 0 Å². The number of nitrogens with zero attached hydrogens (tertiary/aromatic N) is 3. The molecule has 0 atom stereocenters. The van der Waals surface area contributed by atoms with Crippen molar-refractivity contribution < 1.29 is 24.6 Å². The number of phenols is 2. The van der Waals surface area contributed by atoms with E-state index in [1.165, 1.54) is 0 Å². The summed E-state index contributed by atoms with van der Waals surface area (Å²) in [7, 11) is 0. The molecular weight excluding hydrogens is 328 g/mol. The number of hydrogen-bond donors (Lipinski definition) is 3. The minimum absolute atomic E-state index is 0.00608. The lowest BCUT2D eigenvalue weighted by molar-refractivity contribution is -0.137. The van der Waals surface area contributed by atoms with Crippen LogP contribution in [0.4, 0.5) is 0 Å².